The smallest absolute Gasteiger partial charge is 0.337 e. The molecule has 0 aromatic heterocycles. The second-order valence-electron chi connectivity index (χ2n) is 5.49. The van der Waals surface area contributed by atoms with Crippen molar-refractivity contribution in [3.8, 4) is 11.5 Å². The number of carbonyl (C=O) groups excluding carboxylic acids is 2. The van der Waals surface area contributed by atoms with Crippen molar-refractivity contribution in [2.24, 2.45) is 0 Å². The number of hydrogen-bond acceptors (Lipinski definition) is 7. The lowest BCUT2D eigenvalue weighted by molar-refractivity contribution is -0.131. The predicted octanol–water partition coefficient (Wildman–Crippen LogP) is 2.76. The summed E-state index contributed by atoms with van der Waals surface area (Å²) in [6.45, 7) is 0. The minimum Gasteiger partial charge on any atom is -0.493 e. The third-order valence-corrected chi connectivity index (χ3v) is 5.36. The van der Waals surface area contributed by atoms with E-state index in [-0.39, 0.29) is 22.8 Å². The molecule has 2 aromatic rings. The first-order chi connectivity index (χ1) is 12.7. The molecule has 0 amide bonds. The zero-order chi connectivity index (χ0) is 20.0. The monoisotopic (exact) mass is 456 g/mol. The van der Waals surface area contributed by atoms with E-state index in [0.29, 0.717) is 5.56 Å². The number of hydrogen-bond donors (Lipinski definition) is 0. The summed E-state index contributed by atoms with van der Waals surface area (Å²) in [5, 5.41) is 0. The fourth-order valence-electron chi connectivity index (χ4n) is 2.26. The van der Waals surface area contributed by atoms with E-state index in [1.807, 2.05) is 0 Å². The Balaban J connectivity index is 2.09. The summed E-state index contributed by atoms with van der Waals surface area (Å²) in [6.07, 6.45) is 0. The highest BCUT2D eigenvalue weighted by molar-refractivity contribution is 9.10. The molecule has 0 aliphatic rings. The molecule has 0 radical (unpaired) electrons. The maximum Gasteiger partial charge on any atom is 0.337 e. The number of carbonyl (C=O) groups is 2. The number of rotatable bonds is 7. The van der Waals surface area contributed by atoms with Crippen molar-refractivity contribution in [2.75, 3.05) is 20.0 Å². The van der Waals surface area contributed by atoms with Crippen LogP contribution in [0.5, 0.6) is 11.5 Å². The lowest BCUT2D eigenvalue weighted by Gasteiger charge is -2.11. The molecule has 0 aliphatic carbocycles. The van der Waals surface area contributed by atoms with Gasteiger partial charge in [0.05, 0.1) is 25.5 Å². The van der Waals surface area contributed by atoms with Crippen LogP contribution in [0.3, 0.4) is 0 Å². The Morgan fingerprint density at radius 3 is 2.41 bits per heavy atom. The van der Waals surface area contributed by atoms with E-state index in [9.17, 15) is 18.0 Å². The Morgan fingerprint density at radius 1 is 1.04 bits per heavy atom. The Morgan fingerprint density at radius 2 is 1.78 bits per heavy atom. The predicted molar refractivity (Wildman–Crippen MR) is 102 cm³/mol. The lowest BCUT2D eigenvalue weighted by Crippen LogP contribution is -2.22. The van der Waals surface area contributed by atoms with E-state index in [1.54, 1.807) is 24.3 Å². The van der Waals surface area contributed by atoms with Crippen molar-refractivity contribution in [3.63, 3.8) is 0 Å². The van der Waals surface area contributed by atoms with Crippen LogP contribution in [-0.2, 0) is 25.1 Å². The zero-order valence-electron chi connectivity index (χ0n) is 14.6. The van der Waals surface area contributed by atoms with E-state index in [4.69, 9.17) is 9.47 Å². The molecule has 144 valence electrons. The molecule has 2 rings (SSSR count). The first-order valence-corrected chi connectivity index (χ1v) is 10.3. The SMILES string of the molecule is COC(=O)c1ccc(OC(=O)CS(=O)(=O)Cc2cccc(Br)c2)c(OC)c1. The summed E-state index contributed by atoms with van der Waals surface area (Å²) in [5.74, 6) is -2.50. The lowest BCUT2D eigenvalue weighted by atomic mass is 10.2. The van der Waals surface area contributed by atoms with Crippen molar-refractivity contribution in [3.05, 3.63) is 58.1 Å². The Hall–Kier alpha value is -2.39. The molecule has 9 heteroatoms. The molecular formula is C18H17BrO7S. The van der Waals surface area contributed by atoms with Gasteiger partial charge in [-0.3, -0.25) is 4.79 Å². The number of halogens is 1. The molecule has 0 saturated heterocycles. The van der Waals surface area contributed by atoms with E-state index in [2.05, 4.69) is 20.7 Å². The van der Waals surface area contributed by atoms with Gasteiger partial charge in [-0.1, -0.05) is 28.1 Å². The minimum absolute atomic E-state index is 0.00723. The number of benzene rings is 2. The average Bonchev–Trinajstić information content (AvgIpc) is 2.60. The third-order valence-electron chi connectivity index (χ3n) is 3.42. The van der Waals surface area contributed by atoms with Crippen LogP contribution in [0.25, 0.3) is 0 Å². The van der Waals surface area contributed by atoms with Gasteiger partial charge in [0.25, 0.3) is 0 Å². The largest absolute Gasteiger partial charge is 0.493 e. The fourth-order valence-corrected chi connectivity index (χ4v) is 3.91. The third kappa shape index (κ3) is 6.07. The zero-order valence-corrected chi connectivity index (χ0v) is 17.0. The van der Waals surface area contributed by atoms with Crippen molar-refractivity contribution in [2.45, 2.75) is 5.75 Å². The molecule has 7 nitrogen and oxygen atoms in total. The van der Waals surface area contributed by atoms with Crippen molar-refractivity contribution < 1.29 is 32.2 Å². The standard InChI is InChI=1S/C18H17BrO7S/c1-24-16-9-13(18(21)25-2)6-7-15(16)26-17(20)11-27(22,23)10-12-4-3-5-14(19)8-12/h3-9H,10-11H2,1-2H3. The molecule has 2 aromatic carbocycles. The second-order valence-corrected chi connectivity index (χ2v) is 8.47. The van der Waals surface area contributed by atoms with Gasteiger partial charge >= 0.3 is 11.9 Å². The molecule has 0 unspecified atom stereocenters. The van der Waals surface area contributed by atoms with Crippen LogP contribution >= 0.6 is 15.9 Å². The molecule has 27 heavy (non-hydrogen) atoms. The van der Waals surface area contributed by atoms with Gasteiger partial charge in [-0.2, -0.15) is 0 Å². The Kier molecular flexibility index (Phi) is 6.98. The maximum atomic E-state index is 12.2. The van der Waals surface area contributed by atoms with Crippen molar-refractivity contribution in [1.29, 1.82) is 0 Å². The highest BCUT2D eigenvalue weighted by atomic mass is 79.9. The summed E-state index contributed by atoms with van der Waals surface area (Å²) in [5.41, 5.74) is 0.758. The number of sulfone groups is 1. The molecule has 0 atom stereocenters. The fraction of sp³-hybridized carbons (Fsp3) is 0.222. The first kappa shape index (κ1) is 20.9. The second kappa shape index (κ2) is 9.01. The van der Waals surface area contributed by atoms with Crippen molar-refractivity contribution in [1.82, 2.24) is 0 Å². The molecule has 0 N–H and O–H groups in total. The van der Waals surface area contributed by atoms with Gasteiger partial charge < -0.3 is 14.2 Å². The molecule has 0 fully saturated rings. The van der Waals surface area contributed by atoms with Crippen LogP contribution in [0.15, 0.2) is 46.9 Å². The van der Waals surface area contributed by atoms with Gasteiger partial charge in [-0.15, -0.1) is 0 Å². The average molecular weight is 457 g/mol. The van der Waals surface area contributed by atoms with E-state index < -0.39 is 27.5 Å². The van der Waals surface area contributed by atoms with Crippen LogP contribution < -0.4 is 9.47 Å². The highest BCUT2D eigenvalue weighted by Crippen LogP contribution is 2.28. The quantitative estimate of drug-likeness (QED) is 0.466. The van der Waals surface area contributed by atoms with Crippen LogP contribution in [0.1, 0.15) is 15.9 Å². The highest BCUT2D eigenvalue weighted by Gasteiger charge is 2.21. The van der Waals surface area contributed by atoms with Gasteiger partial charge in [-0.25, -0.2) is 13.2 Å². The molecule has 0 spiro atoms. The van der Waals surface area contributed by atoms with Crippen LogP contribution in [0, 0.1) is 0 Å². The van der Waals surface area contributed by atoms with Gasteiger partial charge in [0.15, 0.2) is 21.3 Å². The molecular weight excluding hydrogens is 440 g/mol. The molecule has 0 heterocycles. The Bertz CT molecular complexity index is 954. The van der Waals surface area contributed by atoms with Crippen LogP contribution in [0.2, 0.25) is 0 Å². The summed E-state index contributed by atoms with van der Waals surface area (Å²) in [6, 6.07) is 10.9. The minimum atomic E-state index is -3.73. The van der Waals surface area contributed by atoms with E-state index >= 15 is 0 Å². The van der Waals surface area contributed by atoms with Crippen LogP contribution in [-0.4, -0.2) is 40.3 Å². The number of esters is 2. The Labute approximate surface area is 165 Å². The van der Waals surface area contributed by atoms with Gasteiger partial charge in [-0.05, 0) is 35.9 Å². The normalized spacial score (nSPS) is 10.9. The molecule has 0 saturated carbocycles. The first-order valence-electron chi connectivity index (χ1n) is 7.66. The molecule has 0 aliphatic heterocycles. The summed E-state index contributed by atoms with van der Waals surface area (Å²) >= 11 is 3.27. The summed E-state index contributed by atoms with van der Waals surface area (Å²) in [4.78, 5) is 23.6. The topological polar surface area (TPSA) is 96.0 Å². The number of ether oxygens (including phenoxy) is 3. The van der Waals surface area contributed by atoms with E-state index in [0.717, 1.165) is 4.47 Å². The maximum absolute atomic E-state index is 12.2. The van der Waals surface area contributed by atoms with Gasteiger partial charge in [0, 0.05) is 4.47 Å². The van der Waals surface area contributed by atoms with Gasteiger partial charge in [0.2, 0.25) is 0 Å². The molecule has 0 bridgehead atoms. The summed E-state index contributed by atoms with van der Waals surface area (Å²) < 4.78 is 40.0. The van der Waals surface area contributed by atoms with E-state index in [1.165, 1.54) is 32.4 Å². The van der Waals surface area contributed by atoms with Crippen molar-refractivity contribution >= 4 is 37.7 Å². The number of methoxy groups -OCH3 is 2. The van der Waals surface area contributed by atoms with Crippen LogP contribution in [0.4, 0.5) is 0 Å². The summed E-state index contributed by atoms with van der Waals surface area (Å²) in [7, 11) is -1.16. The van der Waals surface area contributed by atoms with Gasteiger partial charge in [0.1, 0.15) is 5.75 Å².